The standard InChI is InChI=1S/C22H18F6N6O4S/c23-21(24,25)13-8-14(22(26,27)28)10-15(9-13)30-20(37)34-5-3-33(4-6-34)17-18(32-39-31-17)38-11-12-1-2-29-16(7-12)19(35)36/h1-2,7-10H,3-6,11H2,(H,30,37)(H,35,36). The lowest BCUT2D eigenvalue weighted by molar-refractivity contribution is -0.143. The number of pyridine rings is 1. The fourth-order valence-electron chi connectivity index (χ4n) is 3.64. The quantitative estimate of drug-likeness (QED) is 0.409. The number of benzene rings is 1. The zero-order valence-corrected chi connectivity index (χ0v) is 20.4. The number of rotatable bonds is 6. The zero-order chi connectivity index (χ0) is 28.4. The van der Waals surface area contributed by atoms with Crippen molar-refractivity contribution in [3.8, 4) is 5.88 Å². The van der Waals surface area contributed by atoms with Crippen molar-refractivity contribution in [2.24, 2.45) is 0 Å². The van der Waals surface area contributed by atoms with Gasteiger partial charge in [0.05, 0.1) is 22.9 Å². The minimum Gasteiger partial charge on any atom is -0.477 e. The minimum atomic E-state index is -5.04. The molecule has 3 heterocycles. The molecule has 0 radical (unpaired) electrons. The maximum absolute atomic E-state index is 13.1. The Kier molecular flexibility index (Phi) is 7.80. The molecule has 2 amide bonds. The number of carbonyl (C=O) groups is 2. The molecule has 10 nitrogen and oxygen atoms in total. The number of carboxylic acids is 1. The van der Waals surface area contributed by atoms with Gasteiger partial charge in [-0.1, -0.05) is 0 Å². The average molecular weight is 576 g/mol. The number of nitrogens with zero attached hydrogens (tertiary/aromatic N) is 5. The number of urea groups is 1. The summed E-state index contributed by atoms with van der Waals surface area (Å²) in [4.78, 5) is 30.4. The van der Waals surface area contributed by atoms with Crippen LogP contribution in [0.4, 0.5) is 42.6 Å². The van der Waals surface area contributed by atoms with Crippen LogP contribution in [0.5, 0.6) is 5.88 Å². The lowest BCUT2D eigenvalue weighted by Gasteiger charge is -2.34. The molecule has 1 aliphatic heterocycles. The predicted octanol–water partition coefficient (Wildman–Crippen LogP) is 4.60. The number of nitrogens with one attached hydrogen (secondary N) is 1. The van der Waals surface area contributed by atoms with E-state index < -0.39 is 41.2 Å². The van der Waals surface area contributed by atoms with Gasteiger partial charge in [0.25, 0.3) is 5.88 Å². The number of anilines is 2. The van der Waals surface area contributed by atoms with Crippen LogP contribution in [0.2, 0.25) is 0 Å². The van der Waals surface area contributed by atoms with Crippen molar-refractivity contribution in [2.75, 3.05) is 36.4 Å². The highest BCUT2D eigenvalue weighted by atomic mass is 32.1. The van der Waals surface area contributed by atoms with Gasteiger partial charge >= 0.3 is 24.4 Å². The predicted molar refractivity (Wildman–Crippen MR) is 125 cm³/mol. The molecule has 208 valence electrons. The number of alkyl halides is 6. The molecule has 1 fully saturated rings. The highest BCUT2D eigenvalue weighted by molar-refractivity contribution is 6.99. The maximum atomic E-state index is 13.1. The summed E-state index contributed by atoms with van der Waals surface area (Å²) in [5.74, 6) is -0.640. The molecule has 0 atom stereocenters. The molecule has 1 saturated heterocycles. The molecule has 0 aliphatic carbocycles. The van der Waals surface area contributed by atoms with Crippen LogP contribution >= 0.6 is 11.7 Å². The summed E-state index contributed by atoms with van der Waals surface area (Å²) in [6, 6.07) is 2.93. The Morgan fingerprint density at radius 2 is 1.62 bits per heavy atom. The molecule has 1 aromatic carbocycles. The first-order chi connectivity index (χ1) is 18.3. The highest BCUT2D eigenvalue weighted by Gasteiger charge is 2.37. The smallest absolute Gasteiger partial charge is 0.416 e. The normalized spacial score (nSPS) is 14.3. The first kappa shape index (κ1) is 27.9. The van der Waals surface area contributed by atoms with Crippen LogP contribution in [0.1, 0.15) is 27.2 Å². The van der Waals surface area contributed by atoms with Gasteiger partial charge in [0.1, 0.15) is 12.3 Å². The zero-order valence-electron chi connectivity index (χ0n) is 19.6. The Hall–Kier alpha value is -4.15. The summed E-state index contributed by atoms with van der Waals surface area (Å²) >= 11 is 0.869. The fraction of sp³-hybridized carbons (Fsp3) is 0.318. The molecule has 2 N–H and O–H groups in total. The first-order valence-corrected chi connectivity index (χ1v) is 11.8. The second kappa shape index (κ2) is 10.9. The van der Waals surface area contributed by atoms with E-state index in [9.17, 15) is 35.9 Å². The summed E-state index contributed by atoms with van der Waals surface area (Å²) in [5.41, 5.74) is -3.32. The number of aromatic nitrogens is 3. The molecule has 0 saturated carbocycles. The largest absolute Gasteiger partial charge is 0.477 e. The number of piperazine rings is 1. The van der Waals surface area contributed by atoms with E-state index in [1.54, 1.807) is 11.0 Å². The number of ether oxygens (including phenoxy) is 1. The van der Waals surface area contributed by atoms with Gasteiger partial charge in [0.15, 0.2) is 0 Å². The maximum Gasteiger partial charge on any atom is 0.416 e. The Balaban J connectivity index is 1.38. The molecule has 0 unspecified atom stereocenters. The van der Waals surface area contributed by atoms with Crippen molar-refractivity contribution >= 4 is 35.2 Å². The molecule has 17 heteroatoms. The number of hydrogen-bond donors (Lipinski definition) is 2. The fourth-order valence-corrected chi connectivity index (χ4v) is 4.16. The lowest BCUT2D eigenvalue weighted by atomic mass is 10.1. The Bertz CT molecular complexity index is 1330. The first-order valence-electron chi connectivity index (χ1n) is 11.0. The second-order valence-corrected chi connectivity index (χ2v) is 8.76. The molecule has 4 rings (SSSR count). The van der Waals surface area contributed by atoms with Crippen LogP contribution in [-0.4, -0.2) is 61.9 Å². The summed E-state index contributed by atoms with van der Waals surface area (Å²) in [5, 5.41) is 11.2. The van der Waals surface area contributed by atoms with Gasteiger partial charge in [-0.15, -0.1) is 4.37 Å². The topological polar surface area (TPSA) is 121 Å². The third-order valence-corrected chi connectivity index (χ3v) is 6.07. The highest BCUT2D eigenvalue weighted by Crippen LogP contribution is 2.37. The van der Waals surface area contributed by atoms with Crippen LogP contribution in [0.3, 0.4) is 0 Å². The van der Waals surface area contributed by atoms with Gasteiger partial charge in [0, 0.05) is 38.1 Å². The lowest BCUT2D eigenvalue weighted by Crippen LogP contribution is -2.50. The van der Waals surface area contributed by atoms with Gasteiger partial charge in [-0.25, -0.2) is 14.6 Å². The molecule has 0 bridgehead atoms. The van der Waals surface area contributed by atoms with E-state index in [-0.39, 0.29) is 50.4 Å². The summed E-state index contributed by atoms with van der Waals surface area (Å²) in [6.07, 6.45) is -8.75. The number of aromatic carboxylic acids is 1. The van der Waals surface area contributed by atoms with Crippen LogP contribution in [0, 0.1) is 0 Å². The molecule has 39 heavy (non-hydrogen) atoms. The van der Waals surface area contributed by atoms with Crippen molar-refractivity contribution < 1.29 is 45.8 Å². The Labute approximate surface area is 220 Å². The van der Waals surface area contributed by atoms with E-state index in [1.165, 1.54) is 17.2 Å². The summed E-state index contributed by atoms with van der Waals surface area (Å²) < 4.78 is 92.5. The number of carbonyl (C=O) groups excluding carboxylic acids is 1. The van der Waals surface area contributed by atoms with E-state index in [0.29, 0.717) is 23.5 Å². The van der Waals surface area contributed by atoms with Gasteiger partial charge < -0.3 is 25.0 Å². The van der Waals surface area contributed by atoms with Gasteiger partial charge in [-0.05, 0) is 35.9 Å². The SMILES string of the molecule is O=C(O)c1cc(COc2nsnc2N2CCN(C(=O)Nc3cc(C(F)(F)F)cc(C(F)(F)F)c3)CC2)ccn1. The van der Waals surface area contributed by atoms with Crippen LogP contribution in [0.25, 0.3) is 0 Å². The third kappa shape index (κ3) is 6.84. The van der Waals surface area contributed by atoms with E-state index in [4.69, 9.17) is 9.84 Å². The number of amides is 2. The van der Waals surface area contributed by atoms with Crippen molar-refractivity contribution in [3.63, 3.8) is 0 Å². The second-order valence-electron chi connectivity index (χ2n) is 8.23. The average Bonchev–Trinajstić information content (AvgIpc) is 3.35. The number of carboxylic acid groups (broad SMARTS) is 1. The molecule has 1 aliphatic rings. The van der Waals surface area contributed by atoms with Crippen LogP contribution in [-0.2, 0) is 19.0 Å². The Morgan fingerprint density at radius 3 is 2.21 bits per heavy atom. The molecule has 3 aromatic rings. The third-order valence-electron chi connectivity index (χ3n) is 5.57. The Morgan fingerprint density at radius 1 is 0.974 bits per heavy atom. The van der Waals surface area contributed by atoms with Crippen LogP contribution in [0.15, 0.2) is 36.5 Å². The van der Waals surface area contributed by atoms with E-state index in [0.717, 1.165) is 11.7 Å². The monoisotopic (exact) mass is 576 g/mol. The minimum absolute atomic E-state index is 0.0134. The van der Waals surface area contributed by atoms with Crippen LogP contribution < -0.4 is 15.0 Å². The van der Waals surface area contributed by atoms with E-state index in [1.807, 2.05) is 0 Å². The van der Waals surface area contributed by atoms with Crippen molar-refractivity contribution in [2.45, 2.75) is 19.0 Å². The van der Waals surface area contributed by atoms with Gasteiger partial charge in [-0.3, -0.25) is 0 Å². The van der Waals surface area contributed by atoms with Crippen molar-refractivity contribution in [1.82, 2.24) is 18.6 Å². The van der Waals surface area contributed by atoms with Crippen molar-refractivity contribution in [1.29, 1.82) is 0 Å². The molecular formula is C22H18F6N6O4S. The van der Waals surface area contributed by atoms with E-state index >= 15 is 0 Å². The van der Waals surface area contributed by atoms with E-state index in [2.05, 4.69) is 19.0 Å². The molecule has 0 spiro atoms. The number of halogens is 6. The number of hydrogen-bond acceptors (Lipinski definition) is 8. The van der Waals surface area contributed by atoms with Gasteiger partial charge in [0.2, 0.25) is 5.82 Å². The summed E-state index contributed by atoms with van der Waals surface area (Å²) in [6.45, 7) is 0.606. The summed E-state index contributed by atoms with van der Waals surface area (Å²) in [7, 11) is 0. The molecule has 2 aromatic heterocycles. The molecular weight excluding hydrogens is 558 g/mol. The van der Waals surface area contributed by atoms with Gasteiger partial charge in [-0.2, -0.15) is 30.7 Å². The van der Waals surface area contributed by atoms with Crippen molar-refractivity contribution in [3.05, 3.63) is 58.9 Å².